The van der Waals surface area contributed by atoms with E-state index in [0.29, 0.717) is 23.7 Å². The molecule has 2 rings (SSSR count). The van der Waals surface area contributed by atoms with Crippen LogP contribution in [-0.2, 0) is 11.3 Å². The molecular formula is C14H15NO4. The largest absolute Gasteiger partial charge is 0.493 e. The average molecular weight is 261 g/mol. The van der Waals surface area contributed by atoms with E-state index in [0.717, 1.165) is 5.69 Å². The lowest BCUT2D eigenvalue weighted by Crippen LogP contribution is -2.03. The summed E-state index contributed by atoms with van der Waals surface area (Å²) in [6, 6.07) is 8.74. The van der Waals surface area contributed by atoms with Crippen LogP contribution in [0.2, 0.25) is 0 Å². The second kappa shape index (κ2) is 5.95. The summed E-state index contributed by atoms with van der Waals surface area (Å²) in [5, 5.41) is 0. The second-order valence-corrected chi connectivity index (χ2v) is 3.84. The Balaban J connectivity index is 2.14. The molecule has 0 atom stereocenters. The molecule has 0 saturated heterocycles. The molecule has 1 heterocycles. The van der Waals surface area contributed by atoms with Gasteiger partial charge in [0.25, 0.3) is 0 Å². The van der Waals surface area contributed by atoms with Crippen LogP contribution in [0.5, 0.6) is 11.5 Å². The van der Waals surface area contributed by atoms with Crippen molar-refractivity contribution in [2.75, 3.05) is 14.2 Å². The Bertz CT molecular complexity index is 549. The van der Waals surface area contributed by atoms with E-state index in [1.54, 1.807) is 18.2 Å². The highest BCUT2D eigenvalue weighted by Crippen LogP contribution is 2.28. The normalized spacial score (nSPS) is 10.0. The predicted octanol–water partition coefficient (Wildman–Crippen LogP) is 2.39. The molecule has 1 aromatic heterocycles. The van der Waals surface area contributed by atoms with Crippen LogP contribution in [0.1, 0.15) is 16.1 Å². The van der Waals surface area contributed by atoms with E-state index in [1.165, 1.54) is 14.2 Å². The van der Waals surface area contributed by atoms with Crippen molar-refractivity contribution in [1.82, 2.24) is 4.98 Å². The minimum absolute atomic E-state index is 0.404. The summed E-state index contributed by atoms with van der Waals surface area (Å²) in [7, 11) is 2.86. The van der Waals surface area contributed by atoms with Gasteiger partial charge in [-0.3, -0.25) is 0 Å². The average Bonchev–Trinajstić information content (AvgIpc) is 2.97. The number of carbonyl (C=O) groups excluding carboxylic acids is 1. The van der Waals surface area contributed by atoms with Crippen LogP contribution in [0.4, 0.5) is 0 Å². The standard InChI is InChI=1S/C14H15NO4/c1-17-13-8-10(14(16)18-2)5-6-12(13)19-9-11-4-3-7-15-11/h3-8,15H,9H2,1-2H3. The van der Waals surface area contributed by atoms with Crippen molar-refractivity contribution < 1.29 is 19.0 Å². The van der Waals surface area contributed by atoms with Gasteiger partial charge in [-0.1, -0.05) is 0 Å². The highest BCUT2D eigenvalue weighted by atomic mass is 16.5. The molecule has 0 amide bonds. The van der Waals surface area contributed by atoms with Crippen LogP contribution in [0, 0.1) is 0 Å². The van der Waals surface area contributed by atoms with Gasteiger partial charge in [0.05, 0.1) is 25.5 Å². The molecule has 0 radical (unpaired) electrons. The monoisotopic (exact) mass is 261 g/mol. The van der Waals surface area contributed by atoms with Crippen molar-refractivity contribution in [3.8, 4) is 11.5 Å². The van der Waals surface area contributed by atoms with Gasteiger partial charge in [-0.15, -0.1) is 0 Å². The quantitative estimate of drug-likeness (QED) is 0.839. The number of hydrogen-bond donors (Lipinski definition) is 1. The van der Waals surface area contributed by atoms with Gasteiger partial charge in [0.2, 0.25) is 0 Å². The van der Waals surface area contributed by atoms with Gasteiger partial charge in [-0.2, -0.15) is 0 Å². The Morgan fingerprint density at radius 3 is 2.68 bits per heavy atom. The molecule has 0 unspecified atom stereocenters. The predicted molar refractivity (Wildman–Crippen MR) is 69.5 cm³/mol. The minimum Gasteiger partial charge on any atom is -0.493 e. The molecule has 2 aromatic rings. The summed E-state index contributed by atoms with van der Waals surface area (Å²) in [5.41, 5.74) is 1.38. The van der Waals surface area contributed by atoms with Crippen molar-refractivity contribution in [3.63, 3.8) is 0 Å². The van der Waals surface area contributed by atoms with E-state index in [2.05, 4.69) is 9.72 Å². The van der Waals surface area contributed by atoms with E-state index >= 15 is 0 Å². The van der Waals surface area contributed by atoms with Gasteiger partial charge in [0, 0.05) is 6.20 Å². The number of methoxy groups -OCH3 is 2. The molecule has 0 aliphatic rings. The van der Waals surface area contributed by atoms with Crippen LogP contribution in [-0.4, -0.2) is 25.2 Å². The number of nitrogens with one attached hydrogen (secondary N) is 1. The molecule has 5 nitrogen and oxygen atoms in total. The number of hydrogen-bond acceptors (Lipinski definition) is 4. The van der Waals surface area contributed by atoms with E-state index in [1.807, 2.05) is 18.3 Å². The molecule has 0 bridgehead atoms. The number of ether oxygens (including phenoxy) is 3. The Morgan fingerprint density at radius 1 is 1.21 bits per heavy atom. The molecule has 0 aliphatic carbocycles. The van der Waals surface area contributed by atoms with Crippen molar-refractivity contribution >= 4 is 5.97 Å². The number of aromatic nitrogens is 1. The zero-order chi connectivity index (χ0) is 13.7. The Morgan fingerprint density at radius 2 is 2.05 bits per heavy atom. The lowest BCUT2D eigenvalue weighted by molar-refractivity contribution is 0.0600. The minimum atomic E-state index is -0.408. The smallest absolute Gasteiger partial charge is 0.337 e. The lowest BCUT2D eigenvalue weighted by atomic mass is 10.2. The van der Waals surface area contributed by atoms with Crippen LogP contribution in [0.25, 0.3) is 0 Å². The number of H-pyrrole nitrogens is 1. The fraction of sp³-hybridized carbons (Fsp3) is 0.214. The highest BCUT2D eigenvalue weighted by molar-refractivity contribution is 5.90. The van der Waals surface area contributed by atoms with Gasteiger partial charge in [-0.05, 0) is 30.3 Å². The van der Waals surface area contributed by atoms with Gasteiger partial charge < -0.3 is 19.2 Å². The van der Waals surface area contributed by atoms with Crippen molar-refractivity contribution in [2.45, 2.75) is 6.61 Å². The van der Waals surface area contributed by atoms with Gasteiger partial charge in [-0.25, -0.2) is 4.79 Å². The molecule has 19 heavy (non-hydrogen) atoms. The van der Waals surface area contributed by atoms with E-state index in [9.17, 15) is 4.79 Å². The summed E-state index contributed by atoms with van der Waals surface area (Å²) >= 11 is 0. The Labute approximate surface area is 111 Å². The second-order valence-electron chi connectivity index (χ2n) is 3.84. The SMILES string of the molecule is COC(=O)c1ccc(OCc2ccc[nH]2)c(OC)c1. The van der Waals surface area contributed by atoms with Crippen molar-refractivity contribution in [1.29, 1.82) is 0 Å². The summed E-state index contributed by atoms with van der Waals surface area (Å²) in [6.07, 6.45) is 1.83. The number of esters is 1. The zero-order valence-corrected chi connectivity index (χ0v) is 10.8. The molecule has 100 valence electrons. The third-order valence-electron chi connectivity index (χ3n) is 2.63. The first kappa shape index (κ1) is 13.0. The summed E-state index contributed by atoms with van der Waals surface area (Å²) in [5.74, 6) is 0.661. The third kappa shape index (κ3) is 3.07. The summed E-state index contributed by atoms with van der Waals surface area (Å²) in [6.45, 7) is 0.404. The molecule has 1 aromatic carbocycles. The summed E-state index contributed by atoms with van der Waals surface area (Å²) in [4.78, 5) is 14.5. The maximum absolute atomic E-state index is 11.4. The number of carbonyl (C=O) groups is 1. The maximum atomic E-state index is 11.4. The number of benzene rings is 1. The molecular weight excluding hydrogens is 246 g/mol. The fourth-order valence-corrected chi connectivity index (χ4v) is 1.64. The topological polar surface area (TPSA) is 60.5 Å². The molecule has 0 saturated carbocycles. The fourth-order valence-electron chi connectivity index (χ4n) is 1.64. The van der Waals surface area contributed by atoms with Gasteiger partial charge >= 0.3 is 5.97 Å². The molecule has 0 fully saturated rings. The van der Waals surface area contributed by atoms with Crippen molar-refractivity contribution in [2.24, 2.45) is 0 Å². The van der Waals surface area contributed by atoms with E-state index < -0.39 is 5.97 Å². The molecule has 0 aliphatic heterocycles. The third-order valence-corrected chi connectivity index (χ3v) is 2.63. The van der Waals surface area contributed by atoms with Gasteiger partial charge in [0.15, 0.2) is 11.5 Å². The van der Waals surface area contributed by atoms with Crippen LogP contribution >= 0.6 is 0 Å². The number of aromatic amines is 1. The lowest BCUT2D eigenvalue weighted by Gasteiger charge is -2.11. The van der Waals surface area contributed by atoms with Gasteiger partial charge in [0.1, 0.15) is 6.61 Å². The Kier molecular flexibility index (Phi) is 4.07. The van der Waals surface area contributed by atoms with Crippen LogP contribution in [0.3, 0.4) is 0 Å². The summed E-state index contributed by atoms with van der Waals surface area (Å²) < 4.78 is 15.5. The molecule has 1 N–H and O–H groups in total. The highest BCUT2D eigenvalue weighted by Gasteiger charge is 2.11. The molecule has 5 heteroatoms. The van der Waals surface area contributed by atoms with Crippen LogP contribution in [0.15, 0.2) is 36.5 Å². The van der Waals surface area contributed by atoms with E-state index in [-0.39, 0.29) is 0 Å². The van der Waals surface area contributed by atoms with Crippen molar-refractivity contribution in [3.05, 3.63) is 47.8 Å². The molecule has 0 spiro atoms. The van der Waals surface area contributed by atoms with Crippen LogP contribution < -0.4 is 9.47 Å². The maximum Gasteiger partial charge on any atom is 0.337 e. The number of rotatable bonds is 5. The van der Waals surface area contributed by atoms with E-state index in [4.69, 9.17) is 9.47 Å². The first-order valence-corrected chi connectivity index (χ1v) is 5.76. The first-order chi connectivity index (χ1) is 9.24. The Hall–Kier alpha value is -2.43. The first-order valence-electron chi connectivity index (χ1n) is 5.76. The zero-order valence-electron chi connectivity index (χ0n) is 10.8.